The second kappa shape index (κ2) is 6.29. The van der Waals surface area contributed by atoms with E-state index in [1.54, 1.807) is 0 Å². The monoisotopic (exact) mass is 210 g/mol. The molecule has 0 bridgehead atoms. The smallest absolute Gasteiger partial charge is 0.0250 e. The molecule has 1 aliphatic rings. The van der Waals surface area contributed by atoms with E-state index in [0.29, 0.717) is 12.1 Å². The zero-order valence-corrected chi connectivity index (χ0v) is 10.5. The van der Waals surface area contributed by atoms with Crippen LogP contribution in [0.3, 0.4) is 0 Å². The van der Waals surface area contributed by atoms with E-state index in [1.807, 2.05) is 0 Å². The van der Waals surface area contributed by atoms with Crippen molar-refractivity contribution in [2.75, 3.05) is 13.1 Å². The van der Waals surface area contributed by atoms with Gasteiger partial charge in [-0.2, -0.15) is 0 Å². The van der Waals surface area contributed by atoms with Crippen molar-refractivity contribution in [1.29, 1.82) is 0 Å². The summed E-state index contributed by atoms with van der Waals surface area (Å²) < 4.78 is 0. The van der Waals surface area contributed by atoms with Crippen LogP contribution in [0.2, 0.25) is 0 Å². The van der Waals surface area contributed by atoms with Gasteiger partial charge in [0.05, 0.1) is 0 Å². The molecule has 2 nitrogen and oxygen atoms in total. The predicted molar refractivity (Wildman–Crippen MR) is 67.1 cm³/mol. The lowest BCUT2D eigenvalue weighted by atomic mass is 9.96. The van der Waals surface area contributed by atoms with E-state index < -0.39 is 0 Å². The molecular weight excluding hydrogens is 184 g/mol. The van der Waals surface area contributed by atoms with E-state index in [-0.39, 0.29) is 0 Å². The van der Waals surface area contributed by atoms with Crippen LogP contribution < -0.4 is 5.32 Å². The molecule has 1 fully saturated rings. The van der Waals surface area contributed by atoms with Gasteiger partial charge in [-0.05, 0) is 39.7 Å². The summed E-state index contributed by atoms with van der Waals surface area (Å²) in [7, 11) is 0. The van der Waals surface area contributed by atoms with Gasteiger partial charge in [-0.15, -0.1) is 6.58 Å². The molecule has 0 spiro atoms. The van der Waals surface area contributed by atoms with Crippen molar-refractivity contribution in [3.05, 3.63) is 12.7 Å². The predicted octanol–water partition coefficient (Wildman–Crippen LogP) is 2.41. The first kappa shape index (κ1) is 12.7. The van der Waals surface area contributed by atoms with Crippen LogP contribution in [-0.4, -0.2) is 36.1 Å². The van der Waals surface area contributed by atoms with Crippen molar-refractivity contribution in [3.63, 3.8) is 0 Å². The molecule has 1 rings (SSSR count). The zero-order chi connectivity index (χ0) is 11.3. The van der Waals surface area contributed by atoms with Crippen LogP contribution in [0.1, 0.15) is 40.0 Å². The molecule has 1 N–H and O–H groups in total. The second-order valence-electron chi connectivity index (χ2n) is 4.74. The van der Waals surface area contributed by atoms with E-state index in [2.05, 4.69) is 43.6 Å². The minimum Gasteiger partial charge on any atom is -0.314 e. The average Bonchev–Trinajstić information content (AvgIpc) is 2.25. The lowest BCUT2D eigenvalue weighted by Crippen LogP contribution is -2.50. The first-order valence-corrected chi connectivity index (χ1v) is 6.30. The van der Waals surface area contributed by atoms with Gasteiger partial charge in [0.25, 0.3) is 0 Å². The molecule has 88 valence electrons. The number of rotatable bonds is 5. The third-order valence-electron chi connectivity index (χ3n) is 3.47. The highest BCUT2D eigenvalue weighted by Gasteiger charge is 2.26. The number of piperidine rings is 1. The largest absolute Gasteiger partial charge is 0.314 e. The minimum atomic E-state index is 0.520. The Morgan fingerprint density at radius 1 is 1.60 bits per heavy atom. The molecular formula is C13H26N2. The molecule has 3 unspecified atom stereocenters. The quantitative estimate of drug-likeness (QED) is 0.701. The van der Waals surface area contributed by atoms with E-state index in [0.717, 1.165) is 12.6 Å². The fourth-order valence-electron chi connectivity index (χ4n) is 2.46. The van der Waals surface area contributed by atoms with Crippen LogP contribution >= 0.6 is 0 Å². The molecule has 15 heavy (non-hydrogen) atoms. The Labute approximate surface area is 94.7 Å². The maximum atomic E-state index is 3.88. The maximum Gasteiger partial charge on any atom is 0.0250 e. The Morgan fingerprint density at radius 3 is 2.87 bits per heavy atom. The number of nitrogens with one attached hydrogen (secondary N) is 1. The van der Waals surface area contributed by atoms with Crippen LogP contribution in [0.4, 0.5) is 0 Å². The number of hydrogen-bond acceptors (Lipinski definition) is 2. The fraction of sp³-hybridized carbons (Fsp3) is 0.846. The summed E-state index contributed by atoms with van der Waals surface area (Å²) >= 11 is 0. The maximum absolute atomic E-state index is 3.88. The number of likely N-dealkylation sites (tertiary alicyclic amines) is 1. The van der Waals surface area contributed by atoms with Crippen molar-refractivity contribution < 1.29 is 0 Å². The van der Waals surface area contributed by atoms with Crippen LogP contribution in [0.25, 0.3) is 0 Å². The van der Waals surface area contributed by atoms with E-state index in [9.17, 15) is 0 Å². The summed E-state index contributed by atoms with van der Waals surface area (Å²) in [5, 5.41) is 3.63. The van der Waals surface area contributed by atoms with Crippen molar-refractivity contribution >= 4 is 0 Å². The molecule has 1 saturated heterocycles. The first-order valence-electron chi connectivity index (χ1n) is 6.30. The molecule has 1 heterocycles. The topological polar surface area (TPSA) is 15.3 Å². The van der Waals surface area contributed by atoms with Crippen molar-refractivity contribution in [2.24, 2.45) is 0 Å². The molecule has 0 saturated carbocycles. The lowest BCUT2D eigenvalue weighted by Gasteiger charge is -2.40. The van der Waals surface area contributed by atoms with Crippen LogP contribution in [0.15, 0.2) is 12.7 Å². The Morgan fingerprint density at radius 2 is 2.33 bits per heavy atom. The average molecular weight is 210 g/mol. The Kier molecular flexibility index (Phi) is 5.34. The minimum absolute atomic E-state index is 0.520. The lowest BCUT2D eigenvalue weighted by molar-refractivity contribution is 0.115. The molecule has 0 aromatic heterocycles. The van der Waals surface area contributed by atoms with Gasteiger partial charge in [0.1, 0.15) is 0 Å². The normalized spacial score (nSPS) is 30.1. The molecule has 0 aromatic rings. The Bertz CT molecular complexity index is 191. The Hall–Kier alpha value is -0.340. The summed E-state index contributed by atoms with van der Waals surface area (Å²) in [6, 6.07) is 1.93. The second-order valence-corrected chi connectivity index (χ2v) is 4.74. The SMILES string of the molecule is C=CC(C)N1CCC(NCCC)CC1C. The molecule has 0 radical (unpaired) electrons. The van der Waals surface area contributed by atoms with Gasteiger partial charge in [0.2, 0.25) is 0 Å². The third-order valence-corrected chi connectivity index (χ3v) is 3.47. The summed E-state index contributed by atoms with van der Waals surface area (Å²) in [5.74, 6) is 0. The van der Waals surface area contributed by atoms with Crippen LogP contribution in [0.5, 0.6) is 0 Å². The summed E-state index contributed by atoms with van der Waals surface area (Å²) in [6.07, 6.45) is 5.84. The molecule has 2 heteroatoms. The highest BCUT2D eigenvalue weighted by atomic mass is 15.2. The molecule has 1 aliphatic heterocycles. The molecule has 3 atom stereocenters. The van der Waals surface area contributed by atoms with Gasteiger partial charge in [-0.3, -0.25) is 4.90 Å². The van der Waals surface area contributed by atoms with Crippen molar-refractivity contribution in [1.82, 2.24) is 10.2 Å². The van der Waals surface area contributed by atoms with Gasteiger partial charge >= 0.3 is 0 Å². The van der Waals surface area contributed by atoms with Crippen LogP contribution in [0, 0.1) is 0 Å². The summed E-state index contributed by atoms with van der Waals surface area (Å²) in [4.78, 5) is 2.55. The van der Waals surface area contributed by atoms with Gasteiger partial charge in [-0.25, -0.2) is 0 Å². The third kappa shape index (κ3) is 3.62. The number of nitrogens with zero attached hydrogens (tertiary/aromatic N) is 1. The molecule has 0 aliphatic carbocycles. The zero-order valence-electron chi connectivity index (χ0n) is 10.5. The summed E-state index contributed by atoms with van der Waals surface area (Å²) in [5.41, 5.74) is 0. The molecule has 0 amide bonds. The first-order chi connectivity index (χ1) is 7.19. The Balaban J connectivity index is 2.37. The highest BCUT2D eigenvalue weighted by Crippen LogP contribution is 2.20. The standard InChI is InChI=1S/C13H26N2/c1-5-8-14-13-7-9-15(11(3)6-2)12(4)10-13/h6,11-14H,2,5,7-10H2,1,3-4H3. The van der Waals surface area contributed by atoms with E-state index >= 15 is 0 Å². The van der Waals surface area contributed by atoms with Gasteiger partial charge in [0, 0.05) is 24.7 Å². The van der Waals surface area contributed by atoms with E-state index in [4.69, 9.17) is 0 Å². The van der Waals surface area contributed by atoms with Gasteiger partial charge < -0.3 is 5.32 Å². The van der Waals surface area contributed by atoms with Crippen LogP contribution in [-0.2, 0) is 0 Å². The van der Waals surface area contributed by atoms with Crippen molar-refractivity contribution in [2.45, 2.75) is 58.2 Å². The molecule has 0 aromatic carbocycles. The highest BCUT2D eigenvalue weighted by molar-refractivity contribution is 4.91. The van der Waals surface area contributed by atoms with Gasteiger partial charge in [0.15, 0.2) is 0 Å². The number of hydrogen-bond donors (Lipinski definition) is 1. The van der Waals surface area contributed by atoms with E-state index in [1.165, 1.54) is 25.8 Å². The summed E-state index contributed by atoms with van der Waals surface area (Å²) in [6.45, 7) is 13.0. The van der Waals surface area contributed by atoms with Crippen molar-refractivity contribution in [3.8, 4) is 0 Å². The van der Waals surface area contributed by atoms with Gasteiger partial charge in [-0.1, -0.05) is 13.0 Å². The fourth-order valence-corrected chi connectivity index (χ4v) is 2.46.